The lowest BCUT2D eigenvalue weighted by atomic mass is 9.78. The van der Waals surface area contributed by atoms with Crippen molar-refractivity contribution in [3.63, 3.8) is 0 Å². The summed E-state index contributed by atoms with van der Waals surface area (Å²) in [6, 6.07) is 9.49. The minimum Gasteiger partial charge on any atom is -0.242 e. The first-order chi connectivity index (χ1) is 18.8. The monoisotopic (exact) mass is 691 g/mol. The predicted octanol–water partition coefficient (Wildman–Crippen LogP) is 8.44. The molecule has 0 atom stereocenters. The summed E-state index contributed by atoms with van der Waals surface area (Å²) in [5.41, 5.74) is -3.65. The van der Waals surface area contributed by atoms with E-state index in [0.717, 1.165) is 24.6 Å². The summed E-state index contributed by atoms with van der Waals surface area (Å²) in [6.07, 6.45) is 2.86. The molecular weight excluding hydrogens is 649 g/mol. The second-order valence-electron chi connectivity index (χ2n) is 11.8. The largest absolute Gasteiger partial charge is 0.242 e. The van der Waals surface area contributed by atoms with Gasteiger partial charge in [-0.3, -0.25) is 0 Å². The zero-order valence-electron chi connectivity index (χ0n) is 24.2. The molecule has 43 heavy (non-hydrogen) atoms. The molecule has 5 nitrogen and oxygen atoms in total. The number of benzene rings is 2. The van der Waals surface area contributed by atoms with Crippen LogP contribution in [-0.2, 0) is 19.7 Å². The maximum absolute atomic E-state index is 15.2. The van der Waals surface area contributed by atoms with Gasteiger partial charge in [-0.05, 0) is 102 Å². The van der Waals surface area contributed by atoms with Gasteiger partial charge in [0.05, 0.1) is 9.79 Å². The van der Waals surface area contributed by atoms with Crippen molar-refractivity contribution in [1.82, 2.24) is 4.42 Å². The molecule has 0 N–H and O–H groups in total. The van der Waals surface area contributed by atoms with Gasteiger partial charge in [0.15, 0.2) is 19.7 Å². The summed E-state index contributed by atoms with van der Waals surface area (Å²) >= 11 is 5.81. The average Bonchev–Trinajstić information content (AvgIpc) is 2.91. The van der Waals surface area contributed by atoms with Crippen molar-refractivity contribution in [2.45, 2.75) is 111 Å². The van der Waals surface area contributed by atoms with E-state index in [1.54, 1.807) is 0 Å². The summed E-state index contributed by atoms with van der Waals surface area (Å²) in [5, 5.41) is 0. The van der Waals surface area contributed by atoms with Crippen molar-refractivity contribution >= 4 is 43.9 Å². The number of sulfone groups is 2. The van der Waals surface area contributed by atoms with Crippen molar-refractivity contribution in [2.24, 2.45) is 0 Å². The molecule has 2 aromatic rings. The maximum atomic E-state index is 15.2. The lowest BCUT2D eigenvalue weighted by Gasteiger charge is -2.43. The van der Waals surface area contributed by atoms with Crippen LogP contribution >= 0.6 is 24.2 Å². The Morgan fingerprint density at radius 2 is 1.05 bits per heavy atom. The van der Waals surface area contributed by atoms with Gasteiger partial charge in [-0.1, -0.05) is 38.8 Å². The second kappa shape index (κ2) is 14.4. The molecule has 1 aliphatic heterocycles. The van der Waals surface area contributed by atoms with Crippen molar-refractivity contribution in [1.29, 1.82) is 0 Å². The third-order valence-electron chi connectivity index (χ3n) is 8.86. The van der Waals surface area contributed by atoms with E-state index in [2.05, 4.69) is 0 Å². The Balaban J connectivity index is 0.000000411. The molecule has 246 valence electrons. The molecule has 1 heterocycles. The van der Waals surface area contributed by atoms with Gasteiger partial charge in [-0.2, -0.15) is 0 Å². The molecule has 4 rings (SSSR count). The molecule has 0 radical (unpaired) electrons. The van der Waals surface area contributed by atoms with Crippen LogP contribution in [0.2, 0.25) is 0 Å². The Morgan fingerprint density at radius 1 is 0.698 bits per heavy atom. The Hall–Kier alpha value is -1.40. The van der Waals surface area contributed by atoms with Gasteiger partial charge in [0.1, 0.15) is 32.5 Å². The summed E-state index contributed by atoms with van der Waals surface area (Å²) < 4.78 is 106. The Kier molecular flexibility index (Phi) is 13.2. The molecule has 2 fully saturated rings. The highest BCUT2D eigenvalue weighted by molar-refractivity contribution is 7.93. The summed E-state index contributed by atoms with van der Waals surface area (Å²) in [6.45, 7) is 6.10. The van der Waals surface area contributed by atoms with E-state index in [1.807, 2.05) is 0 Å². The number of hydrogen-bond donors (Lipinski definition) is 0. The quantitative estimate of drug-likeness (QED) is 0.225. The van der Waals surface area contributed by atoms with Gasteiger partial charge >= 0.3 is 0 Å². The van der Waals surface area contributed by atoms with Crippen LogP contribution in [0.1, 0.15) is 80.1 Å². The fourth-order valence-electron chi connectivity index (χ4n) is 5.49. The molecule has 2 aliphatic rings. The molecule has 0 aromatic heterocycles. The van der Waals surface area contributed by atoms with Crippen LogP contribution in [0.25, 0.3) is 0 Å². The molecule has 2 aromatic carbocycles. The highest BCUT2D eigenvalue weighted by Crippen LogP contribution is 2.47. The smallest absolute Gasteiger partial charge is 0.186 e. The van der Waals surface area contributed by atoms with Gasteiger partial charge < -0.3 is 0 Å². The molecular formula is C30H43Cl2F4NO4S2. The first-order valence-electron chi connectivity index (χ1n) is 13.6. The van der Waals surface area contributed by atoms with Crippen molar-refractivity contribution < 1.29 is 34.4 Å². The fraction of sp³-hybridized carbons (Fsp3) is 0.600. The first kappa shape index (κ1) is 39.6. The van der Waals surface area contributed by atoms with Crippen LogP contribution in [0.15, 0.2) is 58.3 Å². The maximum Gasteiger partial charge on any atom is 0.186 e. The van der Waals surface area contributed by atoms with Crippen LogP contribution < -0.4 is 0 Å². The van der Waals surface area contributed by atoms with E-state index in [4.69, 9.17) is 11.8 Å². The molecule has 13 heteroatoms. The number of halogens is 6. The van der Waals surface area contributed by atoms with Gasteiger partial charge in [-0.15, -0.1) is 12.4 Å². The van der Waals surface area contributed by atoms with Crippen LogP contribution in [0.5, 0.6) is 0 Å². The van der Waals surface area contributed by atoms with Crippen molar-refractivity contribution in [3.8, 4) is 0 Å². The van der Waals surface area contributed by atoms with Gasteiger partial charge in [-0.25, -0.2) is 38.8 Å². The molecule has 0 bridgehead atoms. The number of rotatable bonds is 6. The molecule has 0 amide bonds. The molecule has 1 aliphatic carbocycles. The van der Waals surface area contributed by atoms with Crippen LogP contribution in [0.3, 0.4) is 0 Å². The standard InChI is InChI=1S/C15H20F2O2S.C14H18ClF2NO2S.CH4.ClH/c1-14(2,15(17)9-4-3-5-10-15)20(18,19)13-8-6-7-12(16)11-13;1-13(2,14(17)6-8-18(15)9-7-14)21(19,20)12-5-3-4-11(16)10-12;;/h6-8,11H,3-5,9-10H2,1-2H3;3-5,10H,6-9H2,1-2H3;1H4;1H. The highest BCUT2D eigenvalue weighted by Gasteiger charge is 2.56. The Labute approximate surface area is 265 Å². The zero-order valence-corrected chi connectivity index (χ0v) is 27.4. The number of piperidine rings is 1. The molecule has 1 saturated heterocycles. The van der Waals surface area contributed by atoms with Gasteiger partial charge in [0, 0.05) is 13.1 Å². The third kappa shape index (κ3) is 7.71. The minimum atomic E-state index is -4.01. The summed E-state index contributed by atoms with van der Waals surface area (Å²) in [4.78, 5) is -0.345. The van der Waals surface area contributed by atoms with E-state index in [1.165, 1.54) is 62.4 Å². The molecule has 1 saturated carbocycles. The van der Waals surface area contributed by atoms with E-state index < -0.39 is 52.1 Å². The molecule has 0 spiro atoms. The van der Waals surface area contributed by atoms with Crippen LogP contribution in [0, 0.1) is 11.6 Å². The third-order valence-corrected chi connectivity index (χ3v) is 14.4. The normalized spacial score (nSPS) is 19.2. The lowest BCUT2D eigenvalue weighted by molar-refractivity contribution is 0.0549. The summed E-state index contributed by atoms with van der Waals surface area (Å²) in [7, 11) is -7.95. The summed E-state index contributed by atoms with van der Waals surface area (Å²) in [5.74, 6) is -1.28. The van der Waals surface area contributed by atoms with Crippen LogP contribution in [0.4, 0.5) is 17.6 Å². The number of hydrogen-bond acceptors (Lipinski definition) is 5. The lowest BCUT2D eigenvalue weighted by Crippen LogP contribution is -2.56. The van der Waals surface area contributed by atoms with Gasteiger partial charge in [0.25, 0.3) is 0 Å². The van der Waals surface area contributed by atoms with E-state index in [0.29, 0.717) is 12.8 Å². The van der Waals surface area contributed by atoms with Crippen molar-refractivity contribution in [3.05, 3.63) is 60.2 Å². The Morgan fingerprint density at radius 3 is 1.40 bits per heavy atom. The number of nitrogens with zero attached hydrogens (tertiary/aromatic N) is 1. The first-order valence-corrected chi connectivity index (χ1v) is 16.9. The molecule has 0 unspecified atom stereocenters. The van der Waals surface area contributed by atoms with Gasteiger partial charge in [0.2, 0.25) is 0 Å². The van der Waals surface area contributed by atoms with E-state index in [-0.39, 0.29) is 68.4 Å². The number of alkyl halides is 2. The van der Waals surface area contributed by atoms with E-state index in [9.17, 15) is 25.6 Å². The van der Waals surface area contributed by atoms with E-state index >= 15 is 8.78 Å². The topological polar surface area (TPSA) is 71.5 Å². The zero-order chi connectivity index (χ0) is 30.9. The Bertz CT molecular complexity index is 1440. The van der Waals surface area contributed by atoms with Crippen LogP contribution in [-0.4, -0.2) is 55.2 Å². The van der Waals surface area contributed by atoms with Crippen molar-refractivity contribution in [2.75, 3.05) is 13.1 Å². The second-order valence-corrected chi connectivity index (χ2v) is 17.3. The SMILES string of the molecule is C.CC(C)(C1(F)CCCCC1)S(=O)(=O)c1cccc(F)c1.CC(C)(C1(F)CCN(Cl)CC1)S(=O)(=O)c1cccc(F)c1.Cl. The minimum absolute atomic E-state index is 0. The average molecular weight is 693 g/mol. The predicted molar refractivity (Wildman–Crippen MR) is 167 cm³/mol. The highest BCUT2D eigenvalue weighted by atomic mass is 35.5. The fourth-order valence-corrected chi connectivity index (χ4v) is 9.26.